The number of morpholine rings is 1. The minimum Gasteiger partial charge on any atom is -0.379 e. The van der Waals surface area contributed by atoms with E-state index in [1.807, 2.05) is 0 Å². The van der Waals surface area contributed by atoms with Gasteiger partial charge in [0.15, 0.2) is 0 Å². The van der Waals surface area contributed by atoms with Crippen molar-refractivity contribution in [3.05, 3.63) is 12.3 Å². The zero-order valence-corrected chi connectivity index (χ0v) is 9.91. The van der Waals surface area contributed by atoms with Crippen LogP contribution in [0, 0.1) is 5.92 Å². The van der Waals surface area contributed by atoms with E-state index in [-0.39, 0.29) is 0 Å². The van der Waals surface area contributed by atoms with Crippen molar-refractivity contribution in [2.24, 2.45) is 5.92 Å². The lowest BCUT2D eigenvalue weighted by molar-refractivity contribution is -0.0244. The van der Waals surface area contributed by atoms with Crippen LogP contribution in [0.25, 0.3) is 0 Å². The Bertz CT molecular complexity index is 228. The van der Waals surface area contributed by atoms with Crippen molar-refractivity contribution >= 4 is 0 Å². The summed E-state index contributed by atoms with van der Waals surface area (Å²) in [5.41, 5.74) is 1.29. The summed E-state index contributed by atoms with van der Waals surface area (Å²) in [7, 11) is 0. The Labute approximate surface area is 92.7 Å². The van der Waals surface area contributed by atoms with Gasteiger partial charge in [0.05, 0.1) is 13.2 Å². The van der Waals surface area contributed by atoms with Gasteiger partial charge in [-0.1, -0.05) is 20.4 Å². The SMILES string of the molecule is C=C(C(C)C)N1CC(N2CCOCC2)C1. The molecule has 15 heavy (non-hydrogen) atoms. The Morgan fingerprint density at radius 1 is 1.27 bits per heavy atom. The molecule has 86 valence electrons. The zero-order chi connectivity index (χ0) is 10.8. The maximum atomic E-state index is 5.36. The summed E-state index contributed by atoms with van der Waals surface area (Å²) < 4.78 is 5.36. The fourth-order valence-electron chi connectivity index (χ4n) is 2.23. The van der Waals surface area contributed by atoms with Gasteiger partial charge >= 0.3 is 0 Å². The van der Waals surface area contributed by atoms with Crippen LogP contribution in [0.1, 0.15) is 13.8 Å². The highest BCUT2D eigenvalue weighted by Gasteiger charge is 2.33. The van der Waals surface area contributed by atoms with Crippen molar-refractivity contribution < 1.29 is 4.74 Å². The second-order valence-electron chi connectivity index (χ2n) is 4.85. The van der Waals surface area contributed by atoms with Gasteiger partial charge in [-0.05, 0) is 5.92 Å². The van der Waals surface area contributed by atoms with Crippen LogP contribution in [0.5, 0.6) is 0 Å². The van der Waals surface area contributed by atoms with Crippen LogP contribution in [0.3, 0.4) is 0 Å². The molecule has 0 radical (unpaired) electrons. The summed E-state index contributed by atoms with van der Waals surface area (Å²) in [6, 6.07) is 0.740. The molecule has 0 aromatic carbocycles. The Morgan fingerprint density at radius 3 is 2.40 bits per heavy atom. The molecule has 0 spiro atoms. The fraction of sp³-hybridized carbons (Fsp3) is 0.833. The average molecular weight is 210 g/mol. The summed E-state index contributed by atoms with van der Waals surface area (Å²) in [6.45, 7) is 14.9. The van der Waals surface area contributed by atoms with Gasteiger partial charge in [-0.3, -0.25) is 4.90 Å². The van der Waals surface area contributed by atoms with E-state index in [4.69, 9.17) is 4.74 Å². The number of rotatable bonds is 3. The van der Waals surface area contributed by atoms with E-state index in [1.54, 1.807) is 0 Å². The molecular weight excluding hydrogens is 188 g/mol. The number of hydrogen-bond acceptors (Lipinski definition) is 3. The summed E-state index contributed by atoms with van der Waals surface area (Å²) >= 11 is 0. The van der Waals surface area contributed by atoms with Crippen molar-refractivity contribution in [1.82, 2.24) is 9.80 Å². The number of nitrogens with zero attached hydrogens (tertiary/aromatic N) is 2. The molecule has 0 amide bonds. The van der Waals surface area contributed by atoms with Crippen LogP contribution in [-0.2, 0) is 4.74 Å². The Morgan fingerprint density at radius 2 is 1.87 bits per heavy atom. The number of hydrogen-bond donors (Lipinski definition) is 0. The molecule has 0 unspecified atom stereocenters. The van der Waals surface area contributed by atoms with E-state index in [1.165, 1.54) is 5.70 Å². The molecule has 3 nitrogen and oxygen atoms in total. The van der Waals surface area contributed by atoms with Crippen LogP contribution >= 0.6 is 0 Å². The van der Waals surface area contributed by atoms with Gasteiger partial charge in [-0.25, -0.2) is 0 Å². The standard InChI is InChI=1S/C12H22N2O/c1-10(2)11(3)14-8-12(9-14)13-4-6-15-7-5-13/h10,12H,3-9H2,1-2H3. The lowest BCUT2D eigenvalue weighted by Crippen LogP contribution is -2.61. The molecular formula is C12H22N2O. The summed E-state index contributed by atoms with van der Waals surface area (Å²) in [5.74, 6) is 0.579. The molecule has 2 fully saturated rings. The van der Waals surface area contributed by atoms with Crippen LogP contribution in [0.15, 0.2) is 12.3 Å². The highest BCUT2D eigenvalue weighted by Crippen LogP contribution is 2.23. The van der Waals surface area contributed by atoms with Crippen molar-refractivity contribution in [1.29, 1.82) is 0 Å². The Balaban J connectivity index is 1.75. The average Bonchev–Trinajstić information content (AvgIpc) is 2.17. The first kappa shape index (κ1) is 11.0. The smallest absolute Gasteiger partial charge is 0.0594 e. The van der Waals surface area contributed by atoms with E-state index < -0.39 is 0 Å². The normalized spacial score (nSPS) is 24.3. The number of allylic oxidation sites excluding steroid dienone is 1. The van der Waals surface area contributed by atoms with Crippen molar-refractivity contribution in [3.8, 4) is 0 Å². The topological polar surface area (TPSA) is 15.7 Å². The maximum absolute atomic E-state index is 5.36. The maximum Gasteiger partial charge on any atom is 0.0594 e. The highest BCUT2D eigenvalue weighted by molar-refractivity contribution is 5.05. The third kappa shape index (κ3) is 2.34. The quantitative estimate of drug-likeness (QED) is 0.695. The lowest BCUT2D eigenvalue weighted by Gasteiger charge is -2.49. The van der Waals surface area contributed by atoms with Crippen LogP contribution in [-0.4, -0.2) is 55.2 Å². The molecule has 2 saturated heterocycles. The Hall–Kier alpha value is -0.540. The largest absolute Gasteiger partial charge is 0.379 e. The molecule has 0 aromatic rings. The second kappa shape index (κ2) is 4.54. The van der Waals surface area contributed by atoms with E-state index >= 15 is 0 Å². The Kier molecular flexibility index (Phi) is 3.32. The number of ether oxygens (including phenoxy) is 1. The molecule has 0 aliphatic carbocycles. The molecule has 0 aromatic heterocycles. The van der Waals surface area contributed by atoms with Gasteiger partial charge in [0.25, 0.3) is 0 Å². The fourth-order valence-corrected chi connectivity index (χ4v) is 2.23. The summed E-state index contributed by atoms with van der Waals surface area (Å²) in [6.07, 6.45) is 0. The van der Waals surface area contributed by atoms with Crippen molar-refractivity contribution in [3.63, 3.8) is 0 Å². The molecule has 0 N–H and O–H groups in total. The molecule has 2 heterocycles. The molecule has 2 aliphatic rings. The third-order valence-corrected chi connectivity index (χ3v) is 3.50. The molecule has 2 aliphatic heterocycles. The van der Waals surface area contributed by atoms with Gasteiger partial charge < -0.3 is 9.64 Å². The molecule has 2 rings (SSSR count). The van der Waals surface area contributed by atoms with Crippen molar-refractivity contribution in [2.45, 2.75) is 19.9 Å². The zero-order valence-electron chi connectivity index (χ0n) is 9.91. The molecule has 0 atom stereocenters. The van der Waals surface area contributed by atoms with Crippen LogP contribution in [0.2, 0.25) is 0 Å². The predicted octanol–water partition coefficient (Wildman–Crippen LogP) is 1.17. The van der Waals surface area contributed by atoms with E-state index in [9.17, 15) is 0 Å². The van der Waals surface area contributed by atoms with Crippen LogP contribution in [0.4, 0.5) is 0 Å². The lowest BCUT2D eigenvalue weighted by atomic mass is 10.0. The highest BCUT2D eigenvalue weighted by atomic mass is 16.5. The van der Waals surface area contributed by atoms with Crippen LogP contribution < -0.4 is 0 Å². The van der Waals surface area contributed by atoms with Gasteiger partial charge in [-0.15, -0.1) is 0 Å². The predicted molar refractivity (Wildman–Crippen MR) is 61.7 cm³/mol. The second-order valence-corrected chi connectivity index (χ2v) is 4.85. The van der Waals surface area contributed by atoms with Crippen molar-refractivity contribution in [2.75, 3.05) is 39.4 Å². The van der Waals surface area contributed by atoms with E-state index in [0.29, 0.717) is 5.92 Å². The molecule has 3 heteroatoms. The monoisotopic (exact) mass is 210 g/mol. The van der Waals surface area contributed by atoms with E-state index in [2.05, 4.69) is 30.2 Å². The van der Waals surface area contributed by atoms with Gasteiger partial charge in [0.2, 0.25) is 0 Å². The van der Waals surface area contributed by atoms with Gasteiger partial charge in [0, 0.05) is 37.9 Å². The first-order chi connectivity index (χ1) is 7.18. The first-order valence-electron chi connectivity index (χ1n) is 5.94. The minimum atomic E-state index is 0.579. The minimum absolute atomic E-state index is 0.579. The summed E-state index contributed by atoms with van der Waals surface area (Å²) in [5, 5.41) is 0. The van der Waals surface area contributed by atoms with Gasteiger partial charge in [-0.2, -0.15) is 0 Å². The van der Waals surface area contributed by atoms with E-state index in [0.717, 1.165) is 45.4 Å². The third-order valence-electron chi connectivity index (χ3n) is 3.50. The summed E-state index contributed by atoms with van der Waals surface area (Å²) in [4.78, 5) is 4.96. The molecule has 0 bridgehead atoms. The first-order valence-corrected chi connectivity index (χ1v) is 5.94. The number of likely N-dealkylation sites (tertiary alicyclic amines) is 1. The molecule has 0 saturated carbocycles. The van der Waals surface area contributed by atoms with Gasteiger partial charge in [0.1, 0.15) is 0 Å².